The molecule has 3 heterocycles. The van der Waals surface area contributed by atoms with Gasteiger partial charge in [0, 0.05) is 35.4 Å². The van der Waals surface area contributed by atoms with Gasteiger partial charge in [0.1, 0.15) is 5.75 Å². The highest BCUT2D eigenvalue weighted by atomic mass is 32.1. The van der Waals surface area contributed by atoms with Crippen LogP contribution in [0.5, 0.6) is 5.75 Å². The number of Topliss-reactive ketones (excluding diaryl/α,β-unsaturated/α-hetero) is 1. The molecule has 160 valence electrons. The largest absolute Gasteiger partial charge is 0.503 e. The zero-order valence-electron chi connectivity index (χ0n) is 17.5. The Balaban J connectivity index is 1.73. The van der Waals surface area contributed by atoms with Crippen molar-refractivity contribution >= 4 is 39.6 Å². The predicted octanol–water partition coefficient (Wildman–Crippen LogP) is 5.03. The maximum Gasteiger partial charge on any atom is 0.294 e. The van der Waals surface area contributed by atoms with E-state index in [9.17, 15) is 14.7 Å². The van der Waals surface area contributed by atoms with Gasteiger partial charge in [-0.1, -0.05) is 24.3 Å². The molecule has 1 aliphatic heterocycles. The number of hydrogen-bond donors (Lipinski definition) is 1. The first-order chi connectivity index (χ1) is 15.5. The topological polar surface area (TPSA) is 71.8 Å². The van der Waals surface area contributed by atoms with Crippen molar-refractivity contribution in [2.75, 3.05) is 12.0 Å². The van der Waals surface area contributed by atoms with Crippen LogP contribution < -0.4 is 9.64 Å². The van der Waals surface area contributed by atoms with Crippen LogP contribution in [0.25, 0.3) is 10.9 Å². The number of carbonyl (C=O) groups excluding carboxylic acids is 2. The molecule has 6 nitrogen and oxygen atoms in total. The fraction of sp³-hybridized carbons (Fsp3) is 0.120. The van der Waals surface area contributed by atoms with Crippen LogP contribution in [0.3, 0.4) is 0 Å². The van der Waals surface area contributed by atoms with E-state index in [2.05, 4.69) is 0 Å². The Bertz CT molecular complexity index is 1370. The van der Waals surface area contributed by atoms with Gasteiger partial charge in [-0.2, -0.15) is 0 Å². The normalized spacial score (nSPS) is 16.2. The van der Waals surface area contributed by atoms with Crippen LogP contribution in [-0.2, 0) is 11.8 Å². The number of thiophene rings is 1. The summed E-state index contributed by atoms with van der Waals surface area (Å²) in [6.45, 7) is 0. The van der Waals surface area contributed by atoms with Crippen LogP contribution in [0.1, 0.15) is 21.3 Å². The number of amides is 1. The summed E-state index contributed by atoms with van der Waals surface area (Å²) in [5.41, 5.74) is 2.40. The second-order valence-electron chi connectivity index (χ2n) is 7.56. The molecule has 0 aliphatic carbocycles. The molecule has 5 rings (SSSR count). The van der Waals surface area contributed by atoms with Crippen LogP contribution in [0, 0.1) is 0 Å². The zero-order chi connectivity index (χ0) is 22.4. The first-order valence-corrected chi connectivity index (χ1v) is 10.9. The van der Waals surface area contributed by atoms with Crippen molar-refractivity contribution in [2.24, 2.45) is 7.05 Å². The van der Waals surface area contributed by atoms with Gasteiger partial charge in [0.15, 0.2) is 5.76 Å². The van der Waals surface area contributed by atoms with Crippen molar-refractivity contribution in [1.29, 1.82) is 0 Å². The fourth-order valence-corrected chi connectivity index (χ4v) is 4.95. The average molecular weight is 445 g/mol. The molecule has 32 heavy (non-hydrogen) atoms. The number of fused-ring (bicyclic) bond motifs is 1. The van der Waals surface area contributed by atoms with Gasteiger partial charge in [-0.25, -0.2) is 0 Å². The number of nitrogens with zero attached hydrogens (tertiary/aromatic N) is 2. The molecule has 2 aromatic heterocycles. The van der Waals surface area contributed by atoms with Gasteiger partial charge in [0.25, 0.3) is 5.91 Å². The molecule has 7 heteroatoms. The SMILES string of the molecule is COc1ccc(N2C(=O)C(O)=C(C(=O)c3cccs3)C2c2cn(C)c3ccccc23)cc1. The predicted molar refractivity (Wildman–Crippen MR) is 124 cm³/mol. The van der Waals surface area contributed by atoms with Gasteiger partial charge in [0.05, 0.1) is 23.6 Å². The number of aromatic nitrogens is 1. The number of anilines is 1. The summed E-state index contributed by atoms with van der Waals surface area (Å²) in [7, 11) is 3.49. The second-order valence-corrected chi connectivity index (χ2v) is 8.50. The number of rotatable bonds is 5. The number of ketones is 1. The molecule has 0 bridgehead atoms. The van der Waals surface area contributed by atoms with Crippen LogP contribution in [0.15, 0.2) is 83.6 Å². The molecule has 1 unspecified atom stereocenters. The Morgan fingerprint density at radius 2 is 1.81 bits per heavy atom. The molecule has 1 atom stereocenters. The number of aliphatic hydroxyl groups excluding tert-OH is 1. The van der Waals surface area contributed by atoms with E-state index in [4.69, 9.17) is 4.74 Å². The molecule has 2 aromatic carbocycles. The van der Waals surface area contributed by atoms with Gasteiger partial charge in [-0.05, 0) is 41.8 Å². The lowest BCUT2D eigenvalue weighted by Crippen LogP contribution is -2.30. The Morgan fingerprint density at radius 1 is 1.06 bits per heavy atom. The molecule has 0 spiro atoms. The van der Waals surface area contributed by atoms with Gasteiger partial charge >= 0.3 is 0 Å². The van der Waals surface area contributed by atoms with Crippen LogP contribution >= 0.6 is 11.3 Å². The molecule has 1 aliphatic rings. The number of methoxy groups -OCH3 is 1. The summed E-state index contributed by atoms with van der Waals surface area (Å²) >= 11 is 1.28. The number of aryl methyl sites for hydroxylation is 1. The smallest absolute Gasteiger partial charge is 0.294 e. The maximum atomic E-state index is 13.5. The number of benzene rings is 2. The fourth-order valence-electron chi connectivity index (χ4n) is 4.27. The third kappa shape index (κ3) is 3.01. The molecular weight excluding hydrogens is 424 g/mol. The third-order valence-electron chi connectivity index (χ3n) is 5.77. The number of para-hydroxylation sites is 1. The lowest BCUT2D eigenvalue weighted by atomic mass is 9.94. The summed E-state index contributed by atoms with van der Waals surface area (Å²) < 4.78 is 7.20. The van der Waals surface area contributed by atoms with Gasteiger partial charge in [-0.3, -0.25) is 14.5 Å². The van der Waals surface area contributed by atoms with E-state index in [0.29, 0.717) is 16.3 Å². The monoisotopic (exact) mass is 444 g/mol. The zero-order valence-corrected chi connectivity index (χ0v) is 18.3. The van der Waals surface area contributed by atoms with Crippen molar-refractivity contribution < 1.29 is 19.4 Å². The maximum absolute atomic E-state index is 13.5. The van der Waals surface area contributed by atoms with E-state index in [1.54, 1.807) is 48.9 Å². The third-order valence-corrected chi connectivity index (χ3v) is 6.64. The quantitative estimate of drug-likeness (QED) is 0.438. The Morgan fingerprint density at radius 3 is 2.50 bits per heavy atom. The van der Waals surface area contributed by atoms with E-state index < -0.39 is 17.7 Å². The van der Waals surface area contributed by atoms with Gasteiger partial charge in [0.2, 0.25) is 5.78 Å². The van der Waals surface area contributed by atoms with Crippen molar-refractivity contribution in [3.8, 4) is 5.75 Å². The first kappa shape index (κ1) is 20.1. The molecule has 4 aromatic rings. The lowest BCUT2D eigenvalue weighted by Gasteiger charge is -2.26. The molecule has 0 fully saturated rings. The average Bonchev–Trinajstić information content (AvgIpc) is 3.52. The minimum Gasteiger partial charge on any atom is -0.503 e. The van der Waals surface area contributed by atoms with Crippen molar-refractivity contribution in [1.82, 2.24) is 4.57 Å². The van der Waals surface area contributed by atoms with Gasteiger partial charge < -0.3 is 14.4 Å². The summed E-state index contributed by atoms with van der Waals surface area (Å²) in [5, 5.41) is 13.6. The minimum absolute atomic E-state index is 0.0876. The van der Waals surface area contributed by atoms with Crippen molar-refractivity contribution in [2.45, 2.75) is 6.04 Å². The Kier molecular flexibility index (Phi) is 4.83. The van der Waals surface area contributed by atoms with Gasteiger partial charge in [-0.15, -0.1) is 11.3 Å². The number of carbonyl (C=O) groups is 2. The molecule has 0 saturated carbocycles. The summed E-state index contributed by atoms with van der Waals surface area (Å²) in [6.07, 6.45) is 1.92. The van der Waals surface area contributed by atoms with Crippen LogP contribution in [0.2, 0.25) is 0 Å². The molecular formula is C25H20N2O4S. The van der Waals surface area contributed by atoms with E-state index in [1.807, 2.05) is 42.1 Å². The highest BCUT2D eigenvalue weighted by Crippen LogP contribution is 2.44. The Labute approximate surface area is 188 Å². The molecule has 1 N–H and O–H groups in total. The number of ether oxygens (including phenoxy) is 1. The van der Waals surface area contributed by atoms with Crippen LogP contribution in [-0.4, -0.2) is 28.5 Å². The van der Waals surface area contributed by atoms with E-state index in [-0.39, 0.29) is 11.4 Å². The summed E-state index contributed by atoms with van der Waals surface area (Å²) in [5.74, 6) is -0.820. The summed E-state index contributed by atoms with van der Waals surface area (Å²) in [6, 6.07) is 17.5. The standard InChI is InChI=1S/C25H20N2O4S/c1-26-14-18(17-6-3-4-7-19(17)26)22-21(23(28)20-8-5-13-32-20)24(29)25(30)27(22)15-9-11-16(31-2)12-10-15/h3-14,22,29H,1-2H3. The molecule has 0 radical (unpaired) electrons. The number of aliphatic hydroxyl groups is 1. The first-order valence-electron chi connectivity index (χ1n) is 10.0. The molecule has 1 amide bonds. The lowest BCUT2D eigenvalue weighted by molar-refractivity contribution is -0.117. The number of hydrogen-bond acceptors (Lipinski definition) is 5. The summed E-state index contributed by atoms with van der Waals surface area (Å²) in [4.78, 5) is 28.7. The van der Waals surface area contributed by atoms with E-state index >= 15 is 0 Å². The Hall–Kier alpha value is -3.84. The van der Waals surface area contributed by atoms with E-state index in [0.717, 1.165) is 16.5 Å². The highest BCUT2D eigenvalue weighted by Gasteiger charge is 2.45. The van der Waals surface area contributed by atoms with Crippen LogP contribution in [0.4, 0.5) is 5.69 Å². The van der Waals surface area contributed by atoms with Crippen molar-refractivity contribution in [3.63, 3.8) is 0 Å². The van der Waals surface area contributed by atoms with E-state index in [1.165, 1.54) is 16.2 Å². The minimum atomic E-state index is -0.767. The highest BCUT2D eigenvalue weighted by molar-refractivity contribution is 7.12. The molecule has 0 saturated heterocycles. The van der Waals surface area contributed by atoms with Crippen molar-refractivity contribution in [3.05, 3.63) is 94.0 Å². The second kappa shape index (κ2) is 7.69.